The summed E-state index contributed by atoms with van der Waals surface area (Å²) in [6.45, 7) is 9.00. The zero-order valence-corrected chi connectivity index (χ0v) is 13.0. The van der Waals surface area contributed by atoms with E-state index in [1.165, 1.54) is 31.8 Å². The third kappa shape index (κ3) is 3.21. The van der Waals surface area contributed by atoms with Gasteiger partial charge >= 0.3 is 0 Å². The molecular weight excluding hydrogens is 260 g/mol. The first-order chi connectivity index (χ1) is 10.1. The van der Waals surface area contributed by atoms with Crippen molar-refractivity contribution in [1.82, 2.24) is 14.7 Å². The molecular formula is C17H25N4. The number of rotatable bonds is 4. The number of anilines is 1. The molecule has 3 rings (SSSR count). The monoisotopic (exact) mass is 285 g/mol. The molecule has 1 aromatic heterocycles. The number of benzene rings is 1. The van der Waals surface area contributed by atoms with Crippen LogP contribution in [0, 0.1) is 11.8 Å². The molecule has 2 N–H and O–H groups in total. The van der Waals surface area contributed by atoms with Crippen LogP contribution in [0.25, 0.3) is 10.9 Å². The summed E-state index contributed by atoms with van der Waals surface area (Å²) in [7, 11) is 0. The van der Waals surface area contributed by atoms with Crippen LogP contribution in [0.2, 0.25) is 0 Å². The van der Waals surface area contributed by atoms with E-state index in [0.29, 0.717) is 0 Å². The van der Waals surface area contributed by atoms with Crippen LogP contribution < -0.4 is 5.73 Å². The van der Waals surface area contributed by atoms with Gasteiger partial charge in [-0.05, 0) is 49.9 Å². The maximum absolute atomic E-state index is 6.00. The van der Waals surface area contributed by atoms with Gasteiger partial charge in [-0.1, -0.05) is 19.9 Å². The molecule has 21 heavy (non-hydrogen) atoms. The lowest BCUT2D eigenvalue weighted by Crippen LogP contribution is -2.36. The fourth-order valence-electron chi connectivity index (χ4n) is 3.29. The quantitative estimate of drug-likeness (QED) is 0.879. The van der Waals surface area contributed by atoms with Gasteiger partial charge in [0.1, 0.15) is 0 Å². The number of nitrogens with zero attached hydrogens (tertiary/aromatic N) is 3. The van der Waals surface area contributed by atoms with Crippen molar-refractivity contribution in [1.29, 1.82) is 0 Å². The standard InChI is InChI=1S/C17H25N4/c1-13(2)11-20-8-6-14(7-9-20)12-21-17-5-3-4-16(18)15(17)10-19-21/h3-5,10,14H,6-9,11-12,18H2,1-2H3. The molecule has 4 nitrogen and oxygen atoms in total. The molecule has 1 fully saturated rings. The molecule has 0 bridgehead atoms. The van der Waals surface area contributed by atoms with Gasteiger partial charge in [0.15, 0.2) is 0 Å². The van der Waals surface area contributed by atoms with Gasteiger partial charge in [0, 0.05) is 24.2 Å². The highest BCUT2D eigenvalue weighted by Crippen LogP contribution is 2.24. The van der Waals surface area contributed by atoms with Crippen molar-refractivity contribution >= 4 is 16.6 Å². The average molecular weight is 285 g/mol. The van der Waals surface area contributed by atoms with Crippen molar-refractivity contribution in [3.05, 3.63) is 30.3 Å². The first-order valence-corrected chi connectivity index (χ1v) is 7.85. The third-order valence-electron chi connectivity index (χ3n) is 4.40. The summed E-state index contributed by atoms with van der Waals surface area (Å²) in [6.07, 6.45) is 4.42. The topological polar surface area (TPSA) is 47.1 Å². The van der Waals surface area contributed by atoms with E-state index in [1.54, 1.807) is 0 Å². The molecule has 2 aromatic rings. The Bertz CT molecular complexity index is 594. The molecule has 1 radical (unpaired) electrons. The predicted octanol–water partition coefficient (Wildman–Crippen LogP) is 2.94. The van der Waals surface area contributed by atoms with Gasteiger partial charge in [-0.3, -0.25) is 4.68 Å². The number of hydrogen-bond donors (Lipinski definition) is 1. The molecule has 0 atom stereocenters. The van der Waals surface area contributed by atoms with Crippen LogP contribution in [0.3, 0.4) is 0 Å². The van der Waals surface area contributed by atoms with Crippen molar-refractivity contribution in [2.45, 2.75) is 33.2 Å². The first-order valence-electron chi connectivity index (χ1n) is 7.85. The van der Waals surface area contributed by atoms with E-state index in [-0.39, 0.29) is 0 Å². The molecule has 1 aliphatic rings. The van der Waals surface area contributed by atoms with Crippen LogP contribution >= 0.6 is 0 Å². The lowest BCUT2D eigenvalue weighted by Gasteiger charge is -2.32. The summed E-state index contributed by atoms with van der Waals surface area (Å²) < 4.78 is 2.13. The third-order valence-corrected chi connectivity index (χ3v) is 4.40. The Morgan fingerprint density at radius 3 is 2.76 bits per heavy atom. The van der Waals surface area contributed by atoms with Crippen molar-refractivity contribution in [3.63, 3.8) is 0 Å². The maximum atomic E-state index is 6.00. The van der Waals surface area contributed by atoms with Gasteiger partial charge in [0.25, 0.3) is 0 Å². The van der Waals surface area contributed by atoms with Crippen molar-refractivity contribution in [2.75, 3.05) is 25.4 Å². The van der Waals surface area contributed by atoms with E-state index in [4.69, 9.17) is 5.73 Å². The number of nitrogens with two attached hydrogens (primary N) is 1. The van der Waals surface area contributed by atoms with E-state index < -0.39 is 0 Å². The van der Waals surface area contributed by atoms with E-state index >= 15 is 0 Å². The normalized spacial score (nSPS) is 17.9. The molecule has 1 aliphatic heterocycles. The summed E-state index contributed by atoms with van der Waals surface area (Å²) in [5.41, 5.74) is 7.99. The smallest absolute Gasteiger partial charge is 0.0703 e. The van der Waals surface area contributed by atoms with Gasteiger partial charge in [-0.25, -0.2) is 0 Å². The minimum Gasteiger partial charge on any atom is -0.398 e. The summed E-state index contributed by atoms with van der Waals surface area (Å²) in [5, 5.41) is 5.61. The van der Waals surface area contributed by atoms with Crippen LogP contribution in [0.5, 0.6) is 0 Å². The Balaban J connectivity index is 1.63. The zero-order chi connectivity index (χ0) is 14.8. The number of aromatic nitrogens is 2. The minimum atomic E-state index is 0.725. The number of piperidine rings is 1. The SMILES string of the molecule is C[C](C)CN1CCC(Cn2ncc3c(N)cccc32)CC1. The van der Waals surface area contributed by atoms with Gasteiger partial charge in [-0.2, -0.15) is 5.10 Å². The van der Waals surface area contributed by atoms with Crippen LogP contribution in [0.1, 0.15) is 26.7 Å². The van der Waals surface area contributed by atoms with Crippen molar-refractivity contribution in [3.8, 4) is 0 Å². The Kier molecular flexibility index (Phi) is 4.15. The molecule has 1 saturated heterocycles. The maximum Gasteiger partial charge on any atom is 0.0703 e. The Labute approximate surface area is 126 Å². The van der Waals surface area contributed by atoms with E-state index in [1.807, 2.05) is 18.3 Å². The highest BCUT2D eigenvalue weighted by molar-refractivity contribution is 5.90. The number of nitrogen functional groups attached to an aromatic ring is 1. The average Bonchev–Trinajstić information content (AvgIpc) is 2.85. The van der Waals surface area contributed by atoms with Gasteiger partial charge < -0.3 is 10.6 Å². The molecule has 0 saturated carbocycles. The Morgan fingerprint density at radius 2 is 2.05 bits per heavy atom. The molecule has 113 valence electrons. The summed E-state index contributed by atoms with van der Waals surface area (Å²) in [5.74, 6) is 2.23. The van der Waals surface area contributed by atoms with E-state index in [9.17, 15) is 0 Å². The van der Waals surface area contributed by atoms with E-state index in [2.05, 4.69) is 34.6 Å². The van der Waals surface area contributed by atoms with Crippen LogP contribution in [-0.2, 0) is 6.54 Å². The fourth-order valence-corrected chi connectivity index (χ4v) is 3.29. The molecule has 0 unspecified atom stereocenters. The van der Waals surface area contributed by atoms with Crippen LogP contribution in [-0.4, -0.2) is 34.3 Å². The van der Waals surface area contributed by atoms with Crippen molar-refractivity contribution in [2.24, 2.45) is 5.92 Å². The highest BCUT2D eigenvalue weighted by Gasteiger charge is 2.20. The number of likely N-dealkylation sites (tertiary alicyclic amines) is 1. The second-order valence-corrected chi connectivity index (χ2v) is 6.53. The second kappa shape index (κ2) is 6.06. The summed E-state index contributed by atoms with van der Waals surface area (Å²) >= 11 is 0. The molecule has 0 amide bonds. The van der Waals surface area contributed by atoms with E-state index in [0.717, 1.165) is 35.6 Å². The molecule has 0 aliphatic carbocycles. The van der Waals surface area contributed by atoms with Crippen molar-refractivity contribution < 1.29 is 0 Å². The fraction of sp³-hybridized carbons (Fsp3) is 0.529. The van der Waals surface area contributed by atoms with Crippen LogP contribution in [0.15, 0.2) is 24.4 Å². The Hall–Kier alpha value is -1.55. The Morgan fingerprint density at radius 1 is 1.29 bits per heavy atom. The zero-order valence-electron chi connectivity index (χ0n) is 13.0. The lowest BCUT2D eigenvalue weighted by atomic mass is 9.96. The van der Waals surface area contributed by atoms with Crippen LogP contribution in [0.4, 0.5) is 5.69 Å². The molecule has 0 spiro atoms. The predicted molar refractivity (Wildman–Crippen MR) is 87.9 cm³/mol. The number of hydrogen-bond acceptors (Lipinski definition) is 3. The van der Waals surface area contributed by atoms with Gasteiger partial charge in [0.05, 0.1) is 11.7 Å². The summed E-state index contributed by atoms with van der Waals surface area (Å²) in [4.78, 5) is 2.56. The van der Waals surface area contributed by atoms with Gasteiger partial charge in [0.2, 0.25) is 0 Å². The molecule has 1 aromatic carbocycles. The molecule has 4 heteroatoms. The van der Waals surface area contributed by atoms with Gasteiger partial charge in [-0.15, -0.1) is 0 Å². The second-order valence-electron chi connectivity index (χ2n) is 6.53. The highest BCUT2D eigenvalue weighted by atomic mass is 15.3. The minimum absolute atomic E-state index is 0.725. The lowest BCUT2D eigenvalue weighted by molar-refractivity contribution is 0.177. The summed E-state index contributed by atoms with van der Waals surface area (Å²) in [6, 6.07) is 6.07. The number of fused-ring (bicyclic) bond motifs is 1. The first kappa shape index (κ1) is 14.4. The largest absolute Gasteiger partial charge is 0.398 e. The molecule has 2 heterocycles.